The molecule has 0 N–H and O–H groups in total. The topological polar surface area (TPSA) is 26.0 Å². The summed E-state index contributed by atoms with van der Waals surface area (Å²) in [6.45, 7) is 0. The van der Waals surface area contributed by atoms with Crippen LogP contribution in [-0.2, 0) is 6.18 Å². The Morgan fingerprint density at radius 1 is 1.13 bits per heavy atom. The van der Waals surface area contributed by atoms with E-state index in [4.69, 9.17) is 0 Å². The zero-order valence-corrected chi connectivity index (χ0v) is 7.38. The van der Waals surface area contributed by atoms with Crippen LogP contribution in [0.5, 0.6) is 0 Å². The highest BCUT2D eigenvalue weighted by atomic mass is 19.4. The molecule has 0 spiro atoms. The van der Waals surface area contributed by atoms with E-state index in [2.05, 4.69) is 9.40 Å². The van der Waals surface area contributed by atoms with Gasteiger partial charge in [0.25, 0.3) is 0 Å². The minimum Gasteiger partial charge on any atom is -0.432 e. The molecule has 0 bridgehead atoms. The number of aromatic nitrogens is 1. The number of halogens is 3. The highest BCUT2D eigenvalue weighted by molar-refractivity contribution is 5.52. The Labute approximate surface area is 83.4 Å². The lowest BCUT2D eigenvalue weighted by Crippen LogP contribution is -2.05. The van der Waals surface area contributed by atoms with Gasteiger partial charge in [0.1, 0.15) is 0 Å². The lowest BCUT2D eigenvalue weighted by Gasteiger charge is -1.97. The third-order valence-electron chi connectivity index (χ3n) is 1.75. The molecule has 1 aromatic carbocycles. The first-order valence-electron chi connectivity index (χ1n) is 4.08. The summed E-state index contributed by atoms with van der Waals surface area (Å²) >= 11 is 0. The fraction of sp³-hybridized carbons (Fsp3) is 0.100. The predicted octanol–water partition coefficient (Wildman–Crippen LogP) is 3.16. The Hall–Kier alpha value is -1.78. The molecule has 2 rings (SSSR count). The summed E-state index contributed by atoms with van der Waals surface area (Å²) < 4.78 is 41.1. The van der Waals surface area contributed by atoms with E-state index in [0.29, 0.717) is 5.56 Å². The summed E-state index contributed by atoms with van der Waals surface area (Å²) in [4.78, 5) is 3.30. The molecule has 1 aromatic heterocycles. The van der Waals surface area contributed by atoms with E-state index in [-0.39, 0.29) is 5.89 Å². The number of hydrogen-bond acceptors (Lipinski definition) is 2. The van der Waals surface area contributed by atoms with Crippen molar-refractivity contribution in [2.24, 2.45) is 0 Å². The Balaban J connectivity index is 2.37. The number of rotatable bonds is 1. The Kier molecular flexibility index (Phi) is 2.22. The number of benzene rings is 1. The average molecular weight is 212 g/mol. The lowest BCUT2D eigenvalue weighted by molar-refractivity contribution is -0.141. The molecule has 0 aliphatic heterocycles. The van der Waals surface area contributed by atoms with Crippen LogP contribution >= 0.6 is 0 Å². The number of alkyl halides is 3. The van der Waals surface area contributed by atoms with Gasteiger partial charge in [-0.2, -0.15) is 13.2 Å². The summed E-state index contributed by atoms with van der Waals surface area (Å²) in [5.74, 6) is -0.0806. The van der Waals surface area contributed by atoms with Crippen molar-refractivity contribution in [1.82, 2.24) is 4.98 Å². The third-order valence-corrected chi connectivity index (χ3v) is 1.75. The summed E-state index contributed by atoms with van der Waals surface area (Å²) in [6.07, 6.45) is -2.78. The molecule has 1 heterocycles. The Bertz CT molecular complexity index is 447. The van der Waals surface area contributed by atoms with Gasteiger partial charge in [-0.15, -0.1) is 0 Å². The lowest BCUT2D eigenvalue weighted by atomic mass is 10.2. The normalized spacial score (nSPS) is 11.7. The molecule has 15 heavy (non-hydrogen) atoms. The standard InChI is InChI=1S/C10H5F3NO/c11-10(12,13)8-6-15-9(14-8)7-4-2-1-3-5-7/h1-5H. The molecule has 2 aromatic rings. The van der Waals surface area contributed by atoms with Crippen LogP contribution < -0.4 is 0 Å². The van der Waals surface area contributed by atoms with Crippen molar-refractivity contribution in [2.45, 2.75) is 6.18 Å². The maximum Gasteiger partial charge on any atom is 0.437 e. The van der Waals surface area contributed by atoms with Crippen LogP contribution in [0.3, 0.4) is 0 Å². The Morgan fingerprint density at radius 2 is 1.80 bits per heavy atom. The van der Waals surface area contributed by atoms with Crippen molar-refractivity contribution >= 4 is 0 Å². The van der Waals surface area contributed by atoms with Crippen molar-refractivity contribution in [3.8, 4) is 11.5 Å². The van der Waals surface area contributed by atoms with Crippen molar-refractivity contribution in [1.29, 1.82) is 0 Å². The van der Waals surface area contributed by atoms with Gasteiger partial charge in [-0.1, -0.05) is 18.2 Å². The van der Waals surface area contributed by atoms with Crippen molar-refractivity contribution in [3.05, 3.63) is 42.3 Å². The fourth-order valence-corrected chi connectivity index (χ4v) is 1.07. The minimum absolute atomic E-state index is 0.0806. The van der Waals surface area contributed by atoms with Crippen LogP contribution in [0, 0.1) is 6.26 Å². The van der Waals surface area contributed by atoms with Crippen LogP contribution in [0.1, 0.15) is 5.69 Å². The third kappa shape index (κ3) is 2.01. The van der Waals surface area contributed by atoms with Gasteiger partial charge in [-0.3, -0.25) is 0 Å². The summed E-state index contributed by atoms with van der Waals surface area (Å²) in [7, 11) is 0. The molecule has 0 unspecified atom stereocenters. The summed E-state index contributed by atoms with van der Waals surface area (Å²) in [5, 5.41) is 0. The first kappa shape index (κ1) is 9.76. The van der Waals surface area contributed by atoms with Gasteiger partial charge in [-0.05, 0) is 12.1 Å². The molecule has 0 saturated heterocycles. The van der Waals surface area contributed by atoms with E-state index >= 15 is 0 Å². The zero-order chi connectivity index (χ0) is 10.9. The van der Waals surface area contributed by atoms with Gasteiger partial charge in [0, 0.05) is 5.56 Å². The van der Waals surface area contributed by atoms with Gasteiger partial charge in [0.2, 0.25) is 12.2 Å². The first-order chi connectivity index (χ1) is 7.07. The molecular formula is C10H5F3NO. The van der Waals surface area contributed by atoms with Gasteiger partial charge >= 0.3 is 6.18 Å². The number of hydrogen-bond donors (Lipinski definition) is 0. The smallest absolute Gasteiger partial charge is 0.432 e. The van der Waals surface area contributed by atoms with Gasteiger partial charge < -0.3 is 4.42 Å². The van der Waals surface area contributed by atoms with Crippen LogP contribution in [0.4, 0.5) is 13.2 Å². The second-order valence-corrected chi connectivity index (χ2v) is 2.83. The van der Waals surface area contributed by atoms with Crippen molar-refractivity contribution in [3.63, 3.8) is 0 Å². The molecule has 0 fully saturated rings. The molecular weight excluding hydrogens is 207 g/mol. The van der Waals surface area contributed by atoms with Crippen LogP contribution in [0.15, 0.2) is 34.7 Å². The molecule has 0 amide bonds. The average Bonchev–Trinajstić information content (AvgIpc) is 2.67. The fourth-order valence-electron chi connectivity index (χ4n) is 1.07. The predicted molar refractivity (Wildman–Crippen MR) is 45.8 cm³/mol. The summed E-state index contributed by atoms with van der Waals surface area (Å²) in [5.41, 5.74) is -0.648. The zero-order valence-electron chi connectivity index (χ0n) is 7.38. The van der Waals surface area contributed by atoms with Crippen molar-refractivity contribution < 1.29 is 17.6 Å². The molecule has 0 saturated carbocycles. The first-order valence-corrected chi connectivity index (χ1v) is 4.08. The molecule has 77 valence electrons. The van der Waals surface area contributed by atoms with E-state index in [1.54, 1.807) is 36.6 Å². The maximum absolute atomic E-state index is 12.2. The minimum atomic E-state index is -4.52. The van der Waals surface area contributed by atoms with Crippen LogP contribution in [-0.4, -0.2) is 4.98 Å². The van der Waals surface area contributed by atoms with E-state index in [9.17, 15) is 13.2 Å². The molecule has 0 aliphatic rings. The van der Waals surface area contributed by atoms with Gasteiger partial charge in [0.05, 0.1) is 0 Å². The van der Waals surface area contributed by atoms with E-state index in [1.807, 2.05) is 0 Å². The van der Waals surface area contributed by atoms with Gasteiger partial charge in [0.15, 0.2) is 5.69 Å². The molecule has 5 heteroatoms. The van der Waals surface area contributed by atoms with Gasteiger partial charge in [-0.25, -0.2) is 4.98 Å². The highest BCUT2D eigenvalue weighted by Gasteiger charge is 2.35. The quantitative estimate of drug-likeness (QED) is 0.725. The second-order valence-electron chi connectivity index (χ2n) is 2.83. The molecule has 2 nitrogen and oxygen atoms in total. The van der Waals surface area contributed by atoms with Crippen molar-refractivity contribution in [2.75, 3.05) is 0 Å². The highest BCUT2D eigenvalue weighted by Crippen LogP contribution is 2.30. The maximum atomic E-state index is 12.2. The van der Waals surface area contributed by atoms with Crippen LogP contribution in [0.25, 0.3) is 11.5 Å². The van der Waals surface area contributed by atoms with Crippen LogP contribution in [0.2, 0.25) is 0 Å². The molecule has 0 atom stereocenters. The SMILES string of the molecule is FC(F)(F)c1[c]oc(-c2ccccc2)n1. The summed E-state index contributed by atoms with van der Waals surface area (Å²) in [6, 6.07) is 8.35. The van der Waals surface area contributed by atoms with E-state index in [0.717, 1.165) is 0 Å². The number of nitrogens with zero attached hydrogens (tertiary/aromatic N) is 1. The Morgan fingerprint density at radius 3 is 2.33 bits per heavy atom. The largest absolute Gasteiger partial charge is 0.437 e. The molecule has 0 aliphatic carbocycles. The van der Waals surface area contributed by atoms with E-state index < -0.39 is 11.9 Å². The monoisotopic (exact) mass is 212 g/mol. The number of oxazole rings is 1. The van der Waals surface area contributed by atoms with E-state index in [1.165, 1.54) is 0 Å². The second kappa shape index (κ2) is 3.42. The molecule has 1 radical (unpaired) electrons.